The van der Waals surface area contributed by atoms with E-state index in [9.17, 15) is 4.79 Å². The highest BCUT2D eigenvalue weighted by Gasteiger charge is 2.15. The van der Waals surface area contributed by atoms with Crippen LogP contribution in [-0.4, -0.2) is 5.78 Å². The summed E-state index contributed by atoms with van der Waals surface area (Å²) in [7, 11) is 0. The summed E-state index contributed by atoms with van der Waals surface area (Å²) in [5, 5.41) is 0.289. The average Bonchev–Trinajstić information content (AvgIpc) is 2.68. The zero-order valence-electron chi connectivity index (χ0n) is 8.04. The molecule has 5 heteroatoms. The molecule has 1 aromatic heterocycles. The summed E-state index contributed by atoms with van der Waals surface area (Å²) in [5.74, 6) is -0.158. The maximum Gasteiger partial charge on any atom is 0.204 e. The normalized spacial score (nSPS) is 10.4. The van der Waals surface area contributed by atoms with Crippen molar-refractivity contribution in [3.63, 3.8) is 0 Å². The number of ketones is 1. The lowest BCUT2D eigenvalue weighted by Gasteiger charge is -2.03. The van der Waals surface area contributed by atoms with Crippen LogP contribution in [0.1, 0.15) is 15.2 Å². The van der Waals surface area contributed by atoms with E-state index in [-0.39, 0.29) is 10.8 Å². The number of thiophene rings is 1. The summed E-state index contributed by atoms with van der Waals surface area (Å²) in [5.41, 5.74) is 6.44. The van der Waals surface area contributed by atoms with Crippen LogP contribution in [0.5, 0.6) is 0 Å². The van der Waals surface area contributed by atoms with Gasteiger partial charge in [0.15, 0.2) is 0 Å². The molecule has 0 unspecified atom stereocenters. The number of benzene rings is 1. The van der Waals surface area contributed by atoms with Crippen LogP contribution in [0.3, 0.4) is 0 Å². The lowest BCUT2D eigenvalue weighted by Crippen LogP contribution is -2.01. The Hall–Kier alpha value is -1.03. The molecule has 1 aromatic carbocycles. The molecule has 16 heavy (non-hydrogen) atoms. The smallest absolute Gasteiger partial charge is 0.204 e. The summed E-state index contributed by atoms with van der Waals surface area (Å²) < 4.78 is 0.573. The molecule has 0 radical (unpaired) electrons. The van der Waals surface area contributed by atoms with Crippen LogP contribution in [0.25, 0.3) is 0 Å². The van der Waals surface area contributed by atoms with E-state index in [1.807, 2.05) is 0 Å². The van der Waals surface area contributed by atoms with Crippen LogP contribution < -0.4 is 5.73 Å². The third-order valence-corrected chi connectivity index (χ3v) is 3.72. The Balaban J connectivity index is 2.45. The van der Waals surface area contributed by atoms with E-state index in [1.165, 1.54) is 11.3 Å². The second-order valence-electron chi connectivity index (χ2n) is 3.14. The monoisotopic (exact) mass is 271 g/mol. The first-order valence-electron chi connectivity index (χ1n) is 4.43. The number of rotatable bonds is 2. The number of carbonyl (C=O) groups excluding carboxylic acids is 1. The van der Waals surface area contributed by atoms with E-state index >= 15 is 0 Å². The fourth-order valence-electron chi connectivity index (χ4n) is 1.29. The molecule has 2 N–H and O–H groups in total. The second-order valence-corrected chi connectivity index (χ2v) is 5.23. The van der Waals surface area contributed by atoms with Crippen LogP contribution in [-0.2, 0) is 0 Å². The van der Waals surface area contributed by atoms with Crippen molar-refractivity contribution in [2.24, 2.45) is 0 Å². The number of anilines is 1. The minimum absolute atomic E-state index is 0.158. The van der Waals surface area contributed by atoms with Gasteiger partial charge in [-0.05, 0) is 24.3 Å². The summed E-state index contributed by atoms with van der Waals surface area (Å²) in [6.07, 6.45) is 0. The number of hydrogen-bond donors (Lipinski definition) is 1. The van der Waals surface area contributed by atoms with Crippen molar-refractivity contribution in [2.75, 3.05) is 5.73 Å². The van der Waals surface area contributed by atoms with Crippen molar-refractivity contribution in [1.29, 1.82) is 0 Å². The maximum atomic E-state index is 12.0. The lowest BCUT2D eigenvalue weighted by molar-refractivity contribution is 0.104. The van der Waals surface area contributed by atoms with Crippen LogP contribution in [0.15, 0.2) is 30.3 Å². The summed E-state index contributed by atoms with van der Waals surface area (Å²) in [4.78, 5) is 12.6. The maximum absolute atomic E-state index is 12.0. The Labute approximate surface area is 107 Å². The number of carbonyl (C=O) groups is 1. The Morgan fingerprint density at radius 1 is 1.19 bits per heavy atom. The molecular formula is C11H7Cl2NOS. The molecule has 0 spiro atoms. The van der Waals surface area contributed by atoms with E-state index in [1.54, 1.807) is 30.3 Å². The van der Waals surface area contributed by atoms with Crippen molar-refractivity contribution < 1.29 is 4.79 Å². The average molecular weight is 272 g/mol. The fourth-order valence-corrected chi connectivity index (χ4v) is 2.50. The standard InChI is InChI=1S/C11H7Cl2NOS/c12-9-5-4-8(16-9)11(15)6-2-1-3-7(14)10(6)13/h1-5H,14H2. The van der Waals surface area contributed by atoms with Crippen molar-refractivity contribution in [3.8, 4) is 0 Å². The van der Waals surface area contributed by atoms with Gasteiger partial charge < -0.3 is 5.73 Å². The molecule has 0 saturated heterocycles. The Bertz CT molecular complexity index is 551. The molecule has 0 amide bonds. The third-order valence-electron chi connectivity index (χ3n) is 2.07. The second kappa shape index (κ2) is 4.45. The van der Waals surface area contributed by atoms with Gasteiger partial charge in [0, 0.05) is 5.56 Å². The zero-order chi connectivity index (χ0) is 11.7. The van der Waals surface area contributed by atoms with Gasteiger partial charge >= 0.3 is 0 Å². The molecular weight excluding hydrogens is 265 g/mol. The van der Waals surface area contributed by atoms with E-state index in [0.29, 0.717) is 20.5 Å². The predicted molar refractivity (Wildman–Crippen MR) is 68.6 cm³/mol. The van der Waals surface area contributed by atoms with Gasteiger partial charge in [0.05, 0.1) is 19.9 Å². The van der Waals surface area contributed by atoms with Gasteiger partial charge in [-0.15, -0.1) is 11.3 Å². The number of nitrogen functional groups attached to an aromatic ring is 1. The molecule has 0 aliphatic heterocycles. The van der Waals surface area contributed by atoms with Crippen molar-refractivity contribution in [2.45, 2.75) is 0 Å². The zero-order valence-corrected chi connectivity index (χ0v) is 10.4. The van der Waals surface area contributed by atoms with E-state index < -0.39 is 0 Å². The fraction of sp³-hybridized carbons (Fsp3) is 0. The Morgan fingerprint density at radius 2 is 1.94 bits per heavy atom. The van der Waals surface area contributed by atoms with Crippen LogP contribution >= 0.6 is 34.5 Å². The molecule has 2 nitrogen and oxygen atoms in total. The summed E-state index contributed by atoms with van der Waals surface area (Å²) in [6, 6.07) is 8.35. The highest BCUT2D eigenvalue weighted by atomic mass is 35.5. The molecule has 0 saturated carbocycles. The first kappa shape index (κ1) is 11.5. The third kappa shape index (κ3) is 2.07. The molecule has 0 fully saturated rings. The van der Waals surface area contributed by atoms with Crippen LogP contribution in [0.4, 0.5) is 5.69 Å². The van der Waals surface area contributed by atoms with Crippen LogP contribution in [0.2, 0.25) is 9.36 Å². The van der Waals surface area contributed by atoms with Gasteiger partial charge in [0.1, 0.15) is 0 Å². The van der Waals surface area contributed by atoms with Crippen molar-refractivity contribution in [3.05, 3.63) is 50.1 Å². The van der Waals surface area contributed by atoms with E-state index in [0.717, 1.165) is 0 Å². The number of halogens is 2. The lowest BCUT2D eigenvalue weighted by atomic mass is 10.1. The van der Waals surface area contributed by atoms with E-state index in [2.05, 4.69) is 0 Å². The van der Waals surface area contributed by atoms with Gasteiger partial charge in [0.25, 0.3) is 0 Å². The molecule has 2 aromatic rings. The molecule has 0 atom stereocenters. The SMILES string of the molecule is Nc1cccc(C(=O)c2ccc(Cl)s2)c1Cl. The Kier molecular flexibility index (Phi) is 3.19. The van der Waals surface area contributed by atoms with Gasteiger partial charge in [-0.3, -0.25) is 4.79 Å². The van der Waals surface area contributed by atoms with Crippen molar-refractivity contribution in [1.82, 2.24) is 0 Å². The molecule has 2 rings (SSSR count). The molecule has 0 aliphatic carbocycles. The highest BCUT2D eigenvalue weighted by molar-refractivity contribution is 7.18. The minimum atomic E-state index is -0.158. The van der Waals surface area contributed by atoms with Gasteiger partial charge in [-0.1, -0.05) is 29.3 Å². The topological polar surface area (TPSA) is 43.1 Å². The van der Waals surface area contributed by atoms with E-state index in [4.69, 9.17) is 28.9 Å². The minimum Gasteiger partial charge on any atom is -0.398 e. The number of nitrogens with two attached hydrogens (primary N) is 1. The quantitative estimate of drug-likeness (QED) is 0.666. The molecule has 82 valence electrons. The molecule has 0 bridgehead atoms. The Morgan fingerprint density at radius 3 is 2.56 bits per heavy atom. The predicted octanol–water partition coefficient (Wildman–Crippen LogP) is 3.87. The van der Waals surface area contributed by atoms with Crippen LogP contribution in [0, 0.1) is 0 Å². The summed E-state index contributed by atoms with van der Waals surface area (Å²) in [6.45, 7) is 0. The first-order chi connectivity index (χ1) is 7.59. The summed E-state index contributed by atoms with van der Waals surface area (Å²) >= 11 is 13.0. The molecule has 1 heterocycles. The largest absolute Gasteiger partial charge is 0.398 e. The number of hydrogen-bond acceptors (Lipinski definition) is 3. The van der Waals surface area contributed by atoms with Gasteiger partial charge in [0.2, 0.25) is 5.78 Å². The molecule has 0 aliphatic rings. The van der Waals surface area contributed by atoms with Gasteiger partial charge in [-0.25, -0.2) is 0 Å². The highest BCUT2D eigenvalue weighted by Crippen LogP contribution is 2.29. The van der Waals surface area contributed by atoms with Crippen molar-refractivity contribution >= 4 is 46.0 Å². The first-order valence-corrected chi connectivity index (χ1v) is 6.01. The van der Waals surface area contributed by atoms with Gasteiger partial charge in [-0.2, -0.15) is 0 Å².